The minimum Gasteiger partial charge on any atom is -0.448 e. The molecular formula is C15H23N2OS+. The van der Waals surface area contributed by atoms with Crippen molar-refractivity contribution in [1.82, 2.24) is 4.37 Å². The molecule has 3 nitrogen and oxygen atoms in total. The Morgan fingerprint density at radius 1 is 1.58 bits per heavy atom. The Morgan fingerprint density at radius 3 is 2.89 bits per heavy atom. The Kier molecular flexibility index (Phi) is 4.11. The van der Waals surface area contributed by atoms with Crippen LogP contribution in [-0.2, 0) is 4.74 Å². The Morgan fingerprint density at radius 2 is 2.32 bits per heavy atom. The number of ether oxygens (including phenoxy) is 1. The molecule has 0 N–H and O–H groups in total. The average molecular weight is 279 g/mol. The van der Waals surface area contributed by atoms with Gasteiger partial charge in [0.25, 0.3) is 0 Å². The summed E-state index contributed by atoms with van der Waals surface area (Å²) in [5.41, 5.74) is 3.79. The highest BCUT2D eigenvalue weighted by molar-refractivity contribution is 7.03. The molecule has 1 aliphatic rings. The third-order valence-corrected chi connectivity index (χ3v) is 4.61. The lowest BCUT2D eigenvalue weighted by Crippen LogP contribution is -2.54. The van der Waals surface area contributed by atoms with Gasteiger partial charge in [0, 0.05) is 24.3 Å². The Hall–Kier alpha value is -1.13. The fourth-order valence-electron chi connectivity index (χ4n) is 2.56. The van der Waals surface area contributed by atoms with E-state index >= 15 is 0 Å². The molecule has 0 radical (unpaired) electrons. The van der Waals surface area contributed by atoms with Crippen LogP contribution in [0.25, 0.3) is 5.57 Å². The van der Waals surface area contributed by atoms with Crippen LogP contribution in [0.4, 0.5) is 0 Å². The molecule has 2 heterocycles. The maximum absolute atomic E-state index is 5.82. The maximum Gasteiger partial charge on any atom is 0.230 e. The molecule has 0 aliphatic carbocycles. The lowest BCUT2D eigenvalue weighted by molar-refractivity contribution is -0.946. The normalized spacial score (nSPS) is 24.7. The minimum atomic E-state index is 0.125. The number of aromatic nitrogens is 1. The van der Waals surface area contributed by atoms with Crippen LogP contribution in [0.2, 0.25) is 0 Å². The molecule has 2 unspecified atom stereocenters. The standard InChI is InChI=1S/C15H23N2OS/c1-11(2)18-13(4)17(5)8-6-7-14(9-17)15-12(3)10-19-16-15/h7,10,13H,1,6,8-9H2,2-5H3/q+1. The van der Waals surface area contributed by atoms with E-state index in [9.17, 15) is 0 Å². The van der Waals surface area contributed by atoms with Crippen LogP contribution in [0.1, 0.15) is 31.5 Å². The smallest absolute Gasteiger partial charge is 0.230 e. The first-order valence-electron chi connectivity index (χ1n) is 6.69. The molecule has 0 fully saturated rings. The van der Waals surface area contributed by atoms with E-state index in [1.54, 1.807) is 0 Å². The van der Waals surface area contributed by atoms with Crippen LogP contribution in [0.5, 0.6) is 0 Å². The van der Waals surface area contributed by atoms with Crippen LogP contribution in [0.15, 0.2) is 23.8 Å². The topological polar surface area (TPSA) is 22.1 Å². The third-order valence-electron chi connectivity index (χ3n) is 3.86. The average Bonchev–Trinajstić information content (AvgIpc) is 2.74. The zero-order valence-corrected chi connectivity index (χ0v) is 13.1. The van der Waals surface area contributed by atoms with Gasteiger partial charge in [-0.3, -0.25) is 4.48 Å². The van der Waals surface area contributed by atoms with Gasteiger partial charge >= 0.3 is 0 Å². The van der Waals surface area contributed by atoms with Gasteiger partial charge in [0.05, 0.1) is 25.0 Å². The van der Waals surface area contributed by atoms with Gasteiger partial charge < -0.3 is 4.74 Å². The van der Waals surface area contributed by atoms with Crippen molar-refractivity contribution in [3.05, 3.63) is 35.1 Å². The summed E-state index contributed by atoms with van der Waals surface area (Å²) < 4.78 is 11.2. The van der Waals surface area contributed by atoms with Crippen LogP contribution >= 0.6 is 11.5 Å². The summed E-state index contributed by atoms with van der Waals surface area (Å²) in [4.78, 5) is 0. The molecule has 0 saturated heterocycles. The van der Waals surface area contributed by atoms with Crippen molar-refractivity contribution in [1.29, 1.82) is 0 Å². The molecule has 2 rings (SSSR count). The van der Waals surface area contributed by atoms with Gasteiger partial charge in [-0.15, -0.1) is 0 Å². The number of hydrogen-bond donors (Lipinski definition) is 0. The van der Waals surface area contributed by atoms with Crippen molar-refractivity contribution >= 4 is 17.1 Å². The Balaban J connectivity index is 2.18. The summed E-state index contributed by atoms with van der Waals surface area (Å²) in [6, 6.07) is 0. The second-order valence-corrected chi connectivity index (χ2v) is 6.27. The zero-order valence-electron chi connectivity index (χ0n) is 12.3. The predicted octanol–water partition coefficient (Wildman–Crippen LogP) is 3.58. The molecule has 0 bridgehead atoms. The van der Waals surface area contributed by atoms with Crippen molar-refractivity contribution in [2.24, 2.45) is 0 Å². The molecule has 104 valence electrons. The SMILES string of the molecule is C=C(C)OC(C)[N+]1(C)CCC=C(c2nscc2C)C1. The summed E-state index contributed by atoms with van der Waals surface area (Å²) >= 11 is 1.54. The fourth-order valence-corrected chi connectivity index (χ4v) is 3.25. The van der Waals surface area contributed by atoms with Crippen molar-refractivity contribution in [2.75, 3.05) is 20.1 Å². The minimum absolute atomic E-state index is 0.125. The number of rotatable bonds is 4. The highest BCUT2D eigenvalue weighted by Gasteiger charge is 2.34. The Labute approximate surface area is 120 Å². The first-order valence-corrected chi connectivity index (χ1v) is 7.53. The van der Waals surface area contributed by atoms with E-state index in [1.165, 1.54) is 22.7 Å². The first-order chi connectivity index (χ1) is 8.92. The highest BCUT2D eigenvalue weighted by Crippen LogP contribution is 2.29. The third kappa shape index (κ3) is 3.07. The van der Waals surface area contributed by atoms with Crippen LogP contribution < -0.4 is 0 Å². The van der Waals surface area contributed by atoms with E-state index in [1.807, 2.05) is 6.92 Å². The largest absolute Gasteiger partial charge is 0.448 e. The van der Waals surface area contributed by atoms with E-state index in [-0.39, 0.29) is 6.23 Å². The van der Waals surface area contributed by atoms with Crippen molar-refractivity contribution in [3.63, 3.8) is 0 Å². The van der Waals surface area contributed by atoms with Gasteiger partial charge in [0.1, 0.15) is 6.54 Å². The van der Waals surface area contributed by atoms with Gasteiger partial charge in [0.15, 0.2) is 0 Å². The van der Waals surface area contributed by atoms with Gasteiger partial charge in [-0.2, -0.15) is 4.37 Å². The summed E-state index contributed by atoms with van der Waals surface area (Å²) in [6.07, 6.45) is 3.53. The number of quaternary nitrogens is 1. The number of nitrogens with zero attached hydrogens (tertiary/aromatic N) is 2. The van der Waals surface area contributed by atoms with E-state index in [4.69, 9.17) is 4.74 Å². The van der Waals surface area contributed by atoms with Crippen LogP contribution in [-0.4, -0.2) is 35.2 Å². The summed E-state index contributed by atoms with van der Waals surface area (Å²) in [7, 11) is 2.25. The molecule has 0 spiro atoms. The van der Waals surface area contributed by atoms with Crippen LogP contribution in [0.3, 0.4) is 0 Å². The molecular weight excluding hydrogens is 256 g/mol. The van der Waals surface area contributed by atoms with Gasteiger partial charge in [0.2, 0.25) is 6.23 Å². The molecule has 0 amide bonds. The molecule has 1 aliphatic heterocycles. The summed E-state index contributed by atoms with van der Waals surface area (Å²) in [5.74, 6) is 0.785. The number of hydrogen-bond acceptors (Lipinski definition) is 3. The Bertz CT molecular complexity index is 506. The lowest BCUT2D eigenvalue weighted by atomic mass is 10.0. The van der Waals surface area contributed by atoms with E-state index in [0.29, 0.717) is 0 Å². The molecule has 0 saturated carbocycles. The molecule has 19 heavy (non-hydrogen) atoms. The monoisotopic (exact) mass is 279 g/mol. The predicted molar refractivity (Wildman–Crippen MR) is 80.7 cm³/mol. The highest BCUT2D eigenvalue weighted by atomic mass is 32.1. The van der Waals surface area contributed by atoms with Gasteiger partial charge in [-0.05, 0) is 30.9 Å². The van der Waals surface area contributed by atoms with Crippen molar-refractivity contribution < 1.29 is 9.22 Å². The maximum atomic E-state index is 5.82. The second kappa shape index (κ2) is 5.47. The van der Waals surface area contributed by atoms with E-state index < -0.39 is 0 Å². The lowest BCUT2D eigenvalue weighted by Gasteiger charge is -2.41. The van der Waals surface area contributed by atoms with Gasteiger partial charge in [-0.1, -0.05) is 12.7 Å². The summed E-state index contributed by atoms with van der Waals surface area (Å²) in [6.45, 7) is 12.1. The fraction of sp³-hybridized carbons (Fsp3) is 0.533. The van der Waals surface area contributed by atoms with E-state index in [2.05, 4.69) is 43.3 Å². The molecule has 2 atom stereocenters. The number of aryl methyl sites for hydroxylation is 1. The van der Waals surface area contributed by atoms with Crippen LogP contribution in [0, 0.1) is 6.92 Å². The molecule has 1 aromatic heterocycles. The number of likely N-dealkylation sites (N-methyl/N-ethyl adjacent to an activating group) is 1. The second-order valence-electron chi connectivity index (χ2n) is 5.64. The number of allylic oxidation sites excluding steroid dienone is 1. The van der Waals surface area contributed by atoms with Gasteiger partial charge in [-0.25, -0.2) is 0 Å². The molecule has 1 aromatic rings. The van der Waals surface area contributed by atoms with Crippen molar-refractivity contribution in [3.8, 4) is 0 Å². The molecule has 4 heteroatoms. The first kappa shape index (κ1) is 14.3. The van der Waals surface area contributed by atoms with Crippen molar-refractivity contribution in [2.45, 2.75) is 33.4 Å². The zero-order chi connectivity index (χ0) is 14.0. The molecule has 0 aromatic carbocycles. The van der Waals surface area contributed by atoms with E-state index in [0.717, 1.165) is 35.4 Å². The quantitative estimate of drug-likeness (QED) is 0.621. The summed E-state index contributed by atoms with van der Waals surface area (Å²) in [5, 5.41) is 2.11.